The molecule has 2 rings (SSSR count). The highest BCUT2D eigenvalue weighted by atomic mass is 35.5. The van der Waals surface area contributed by atoms with Gasteiger partial charge in [-0.1, -0.05) is 11.6 Å². The number of pyridine rings is 1. The van der Waals surface area contributed by atoms with Gasteiger partial charge in [-0.05, 0) is 17.7 Å². The van der Waals surface area contributed by atoms with Gasteiger partial charge in [0.15, 0.2) is 16.8 Å². The minimum Gasteiger partial charge on any atom is -0.393 e. The summed E-state index contributed by atoms with van der Waals surface area (Å²) < 4.78 is 4.98. The minimum atomic E-state index is 0.222. The fourth-order valence-corrected chi connectivity index (χ4v) is 1.69. The van der Waals surface area contributed by atoms with Crippen LogP contribution in [-0.2, 0) is 17.9 Å². The number of methoxy groups -OCH3 is 1. The van der Waals surface area contributed by atoms with Crippen molar-refractivity contribution in [3.63, 3.8) is 0 Å². The predicted molar refractivity (Wildman–Crippen MR) is 73.7 cm³/mol. The molecule has 6 nitrogen and oxygen atoms in total. The Hall–Kier alpha value is -1.92. The van der Waals surface area contributed by atoms with Crippen molar-refractivity contribution in [2.45, 2.75) is 13.2 Å². The number of ether oxygens (including phenoxy) is 1. The van der Waals surface area contributed by atoms with Crippen molar-refractivity contribution in [2.75, 3.05) is 18.2 Å². The van der Waals surface area contributed by atoms with Crippen LogP contribution in [0.5, 0.6) is 0 Å². The highest BCUT2D eigenvalue weighted by Gasteiger charge is 2.09. The van der Waals surface area contributed by atoms with Crippen molar-refractivity contribution in [2.24, 2.45) is 0 Å². The van der Waals surface area contributed by atoms with Crippen molar-refractivity contribution in [1.29, 1.82) is 0 Å². The number of nitrogens with two attached hydrogens (primary N) is 1. The van der Waals surface area contributed by atoms with Gasteiger partial charge < -0.3 is 15.8 Å². The first kappa shape index (κ1) is 13.5. The number of aromatic nitrogens is 3. The van der Waals surface area contributed by atoms with Gasteiger partial charge in [-0.25, -0.2) is 9.97 Å². The van der Waals surface area contributed by atoms with Gasteiger partial charge in [0.25, 0.3) is 0 Å². The molecule has 0 amide bonds. The molecule has 0 unspecified atom stereocenters. The number of nitrogens with one attached hydrogen (secondary N) is 1. The molecule has 19 heavy (non-hydrogen) atoms. The van der Waals surface area contributed by atoms with E-state index in [2.05, 4.69) is 20.3 Å². The lowest BCUT2D eigenvalue weighted by Gasteiger charge is -2.10. The van der Waals surface area contributed by atoms with E-state index >= 15 is 0 Å². The molecule has 0 aromatic carbocycles. The van der Waals surface area contributed by atoms with Crippen LogP contribution in [0.4, 0.5) is 11.5 Å². The van der Waals surface area contributed by atoms with Gasteiger partial charge in [0, 0.05) is 26.0 Å². The van der Waals surface area contributed by atoms with Gasteiger partial charge in [-0.3, -0.25) is 4.98 Å². The van der Waals surface area contributed by atoms with Gasteiger partial charge in [0.2, 0.25) is 0 Å². The largest absolute Gasteiger partial charge is 0.393 e. The molecule has 0 fully saturated rings. The number of hydrogen-bond acceptors (Lipinski definition) is 6. The Morgan fingerprint density at radius 3 is 2.74 bits per heavy atom. The van der Waals surface area contributed by atoms with Crippen LogP contribution < -0.4 is 11.1 Å². The number of rotatable bonds is 5. The summed E-state index contributed by atoms with van der Waals surface area (Å²) in [4.78, 5) is 12.3. The summed E-state index contributed by atoms with van der Waals surface area (Å²) in [6.45, 7) is 0.858. The zero-order chi connectivity index (χ0) is 13.7. The SMILES string of the molecule is COCc1nc(Cl)c(N)c(NCc2ccncc2)n1. The highest BCUT2D eigenvalue weighted by molar-refractivity contribution is 6.32. The minimum absolute atomic E-state index is 0.222. The number of nitrogen functional groups attached to an aromatic ring is 1. The lowest BCUT2D eigenvalue weighted by Crippen LogP contribution is -2.09. The normalized spacial score (nSPS) is 10.4. The molecule has 100 valence electrons. The Kier molecular flexibility index (Phi) is 4.48. The van der Waals surface area contributed by atoms with E-state index in [1.54, 1.807) is 19.5 Å². The molecular weight excluding hydrogens is 266 g/mol. The summed E-state index contributed by atoms with van der Waals surface area (Å²) in [5.74, 6) is 0.989. The lowest BCUT2D eigenvalue weighted by atomic mass is 10.3. The van der Waals surface area contributed by atoms with Gasteiger partial charge in [0.05, 0.1) is 0 Å². The third-order valence-corrected chi connectivity index (χ3v) is 2.72. The second kappa shape index (κ2) is 6.31. The summed E-state index contributed by atoms with van der Waals surface area (Å²) in [6, 6.07) is 3.81. The summed E-state index contributed by atoms with van der Waals surface area (Å²) in [7, 11) is 1.57. The zero-order valence-corrected chi connectivity index (χ0v) is 11.2. The van der Waals surface area contributed by atoms with E-state index in [1.807, 2.05) is 12.1 Å². The molecule has 0 radical (unpaired) electrons. The van der Waals surface area contributed by atoms with E-state index in [4.69, 9.17) is 22.1 Å². The second-order valence-corrected chi connectivity index (χ2v) is 4.19. The topological polar surface area (TPSA) is 86.0 Å². The lowest BCUT2D eigenvalue weighted by molar-refractivity contribution is 0.178. The molecular formula is C12H14ClN5O. The van der Waals surface area contributed by atoms with Crippen molar-refractivity contribution >= 4 is 23.1 Å². The maximum atomic E-state index is 5.95. The predicted octanol–water partition coefficient (Wildman–Crippen LogP) is 1.87. The molecule has 0 saturated heterocycles. The Morgan fingerprint density at radius 2 is 2.05 bits per heavy atom. The molecule has 0 aliphatic rings. The Balaban J connectivity index is 2.15. The molecule has 0 aliphatic carbocycles. The smallest absolute Gasteiger partial charge is 0.158 e. The van der Waals surface area contributed by atoms with Crippen molar-refractivity contribution in [3.05, 3.63) is 41.1 Å². The van der Waals surface area contributed by atoms with Crippen LogP contribution in [0.2, 0.25) is 5.15 Å². The molecule has 0 aliphatic heterocycles. The molecule has 0 bridgehead atoms. The number of nitrogens with zero attached hydrogens (tertiary/aromatic N) is 3. The van der Waals surface area contributed by atoms with Gasteiger partial charge in [-0.15, -0.1) is 0 Å². The molecule has 7 heteroatoms. The maximum absolute atomic E-state index is 5.95. The fraction of sp³-hybridized carbons (Fsp3) is 0.250. The van der Waals surface area contributed by atoms with Gasteiger partial charge in [0.1, 0.15) is 12.3 Å². The van der Waals surface area contributed by atoms with E-state index in [1.165, 1.54) is 0 Å². The molecule has 2 aromatic heterocycles. The van der Waals surface area contributed by atoms with Crippen LogP contribution >= 0.6 is 11.6 Å². The van der Waals surface area contributed by atoms with E-state index in [9.17, 15) is 0 Å². The standard InChI is InChI=1S/C12H14ClN5O/c1-19-7-9-17-11(13)10(14)12(18-9)16-6-8-2-4-15-5-3-8/h2-5H,6-7,14H2,1H3,(H,16,17,18). The second-order valence-electron chi connectivity index (χ2n) is 3.83. The van der Waals surface area contributed by atoms with E-state index in [-0.39, 0.29) is 11.8 Å². The third kappa shape index (κ3) is 3.52. The summed E-state index contributed by atoms with van der Waals surface area (Å²) in [5.41, 5.74) is 7.24. The van der Waals surface area contributed by atoms with Crippen molar-refractivity contribution in [1.82, 2.24) is 15.0 Å². The highest BCUT2D eigenvalue weighted by Crippen LogP contribution is 2.24. The third-order valence-electron chi connectivity index (χ3n) is 2.43. The summed E-state index contributed by atoms with van der Waals surface area (Å²) >= 11 is 5.95. The first-order valence-electron chi connectivity index (χ1n) is 5.64. The van der Waals surface area contributed by atoms with Crippen molar-refractivity contribution in [3.8, 4) is 0 Å². The van der Waals surface area contributed by atoms with E-state index < -0.39 is 0 Å². The molecule has 2 aromatic rings. The molecule has 2 heterocycles. The molecule has 0 spiro atoms. The first-order valence-corrected chi connectivity index (χ1v) is 6.02. The number of hydrogen-bond donors (Lipinski definition) is 2. The van der Waals surface area contributed by atoms with E-state index in [0.717, 1.165) is 5.56 Å². The molecule has 0 atom stereocenters. The van der Waals surface area contributed by atoms with Gasteiger partial charge in [-0.2, -0.15) is 0 Å². The van der Waals surface area contributed by atoms with Crippen LogP contribution in [-0.4, -0.2) is 22.1 Å². The van der Waals surface area contributed by atoms with Crippen LogP contribution in [0.3, 0.4) is 0 Å². The van der Waals surface area contributed by atoms with Gasteiger partial charge >= 0.3 is 0 Å². The maximum Gasteiger partial charge on any atom is 0.158 e. The molecule has 3 N–H and O–H groups in total. The average Bonchev–Trinajstić information content (AvgIpc) is 2.42. The monoisotopic (exact) mass is 279 g/mol. The fourth-order valence-electron chi connectivity index (χ4n) is 1.50. The Bertz CT molecular complexity index is 549. The van der Waals surface area contributed by atoms with Crippen LogP contribution in [0.1, 0.15) is 11.4 Å². The van der Waals surface area contributed by atoms with Crippen LogP contribution in [0.15, 0.2) is 24.5 Å². The quantitative estimate of drug-likeness (QED) is 0.813. The molecule has 0 saturated carbocycles. The summed E-state index contributed by atoms with van der Waals surface area (Å²) in [5, 5.41) is 3.35. The Morgan fingerprint density at radius 1 is 1.32 bits per heavy atom. The average molecular weight is 280 g/mol. The van der Waals surface area contributed by atoms with E-state index in [0.29, 0.717) is 23.9 Å². The number of anilines is 2. The van der Waals surface area contributed by atoms with Crippen molar-refractivity contribution < 1.29 is 4.74 Å². The zero-order valence-electron chi connectivity index (χ0n) is 10.4. The number of halogens is 1. The van der Waals surface area contributed by atoms with Crippen LogP contribution in [0.25, 0.3) is 0 Å². The Labute approximate surface area is 116 Å². The van der Waals surface area contributed by atoms with Crippen LogP contribution in [0, 0.1) is 0 Å². The first-order chi connectivity index (χ1) is 9.20. The summed E-state index contributed by atoms with van der Waals surface area (Å²) in [6.07, 6.45) is 3.45.